The van der Waals surface area contributed by atoms with Gasteiger partial charge in [0.05, 0.1) is 6.61 Å². The highest BCUT2D eigenvalue weighted by atomic mass is 19.1. The fourth-order valence-electron chi connectivity index (χ4n) is 3.88. The number of nitrogens with one attached hydrogen (secondary N) is 1. The second kappa shape index (κ2) is 11.3. The lowest BCUT2D eigenvalue weighted by Gasteiger charge is -2.29. The lowest BCUT2D eigenvalue weighted by Crippen LogP contribution is -2.41. The van der Waals surface area contributed by atoms with Crippen molar-refractivity contribution in [1.82, 2.24) is 5.32 Å². The number of ether oxygens (including phenoxy) is 2. The summed E-state index contributed by atoms with van der Waals surface area (Å²) in [5, 5.41) is 12.6. The van der Waals surface area contributed by atoms with Crippen LogP contribution in [0.15, 0.2) is 48.0 Å². The first-order valence-corrected chi connectivity index (χ1v) is 11.1. The quantitative estimate of drug-likeness (QED) is 0.444. The molecule has 0 saturated heterocycles. The minimum atomic E-state index is -0.351. The van der Waals surface area contributed by atoms with Crippen molar-refractivity contribution < 1.29 is 18.7 Å². The smallest absolute Gasteiger partial charge is 0.262 e. The Bertz CT molecular complexity index is 1010. The Labute approximate surface area is 188 Å². The lowest BCUT2D eigenvalue weighted by atomic mass is 9.86. The SMILES string of the molecule is CCOc1cc(/C=C(\C#N)C(=O)N[C@H]2CCCC[C@H]2C)ccc1OCc1cccc(F)c1. The molecule has 168 valence electrons. The molecule has 0 bridgehead atoms. The average molecular weight is 437 g/mol. The Morgan fingerprint density at radius 2 is 2.00 bits per heavy atom. The molecule has 6 heteroatoms. The van der Waals surface area contributed by atoms with Gasteiger partial charge >= 0.3 is 0 Å². The number of hydrogen-bond donors (Lipinski definition) is 1. The van der Waals surface area contributed by atoms with Crippen molar-refractivity contribution >= 4 is 12.0 Å². The molecule has 1 saturated carbocycles. The van der Waals surface area contributed by atoms with Crippen LogP contribution in [-0.4, -0.2) is 18.6 Å². The fraction of sp³-hybridized carbons (Fsp3) is 0.385. The Kier molecular flexibility index (Phi) is 8.27. The Hall–Kier alpha value is -3.33. The summed E-state index contributed by atoms with van der Waals surface area (Å²) in [5.41, 5.74) is 1.42. The molecule has 0 unspecified atom stereocenters. The molecule has 5 nitrogen and oxygen atoms in total. The summed E-state index contributed by atoms with van der Waals surface area (Å²) in [7, 11) is 0. The summed E-state index contributed by atoms with van der Waals surface area (Å²) in [4.78, 5) is 12.7. The fourth-order valence-corrected chi connectivity index (χ4v) is 3.88. The minimum absolute atomic E-state index is 0.0543. The summed E-state index contributed by atoms with van der Waals surface area (Å²) in [5.74, 6) is 0.743. The molecule has 0 spiro atoms. The van der Waals surface area contributed by atoms with E-state index in [1.807, 2.05) is 13.0 Å². The van der Waals surface area contributed by atoms with Crippen molar-refractivity contribution in [2.45, 2.75) is 52.2 Å². The molecule has 0 aromatic heterocycles. The molecule has 1 N–H and O–H groups in total. The van der Waals surface area contributed by atoms with Crippen molar-refractivity contribution in [2.75, 3.05) is 6.61 Å². The van der Waals surface area contributed by atoms with Crippen molar-refractivity contribution in [3.05, 3.63) is 65.0 Å². The van der Waals surface area contributed by atoms with Crippen LogP contribution in [0.4, 0.5) is 4.39 Å². The molecular weight excluding hydrogens is 407 g/mol. The number of rotatable bonds is 8. The van der Waals surface area contributed by atoms with Gasteiger partial charge in [-0.15, -0.1) is 0 Å². The van der Waals surface area contributed by atoms with Gasteiger partial charge in [-0.1, -0.05) is 38.0 Å². The van der Waals surface area contributed by atoms with E-state index in [0.29, 0.717) is 35.2 Å². The first-order valence-electron chi connectivity index (χ1n) is 11.1. The Balaban J connectivity index is 1.74. The van der Waals surface area contributed by atoms with Gasteiger partial charge in [0.2, 0.25) is 0 Å². The molecular formula is C26H29FN2O3. The predicted octanol–water partition coefficient (Wildman–Crippen LogP) is 5.41. The topological polar surface area (TPSA) is 71.3 Å². The van der Waals surface area contributed by atoms with E-state index in [1.54, 1.807) is 36.4 Å². The summed E-state index contributed by atoms with van der Waals surface area (Å²) >= 11 is 0. The van der Waals surface area contributed by atoms with Gasteiger partial charge in [0.1, 0.15) is 24.1 Å². The van der Waals surface area contributed by atoms with E-state index >= 15 is 0 Å². The Morgan fingerprint density at radius 1 is 1.19 bits per heavy atom. The first-order chi connectivity index (χ1) is 15.5. The van der Waals surface area contributed by atoms with Gasteiger partial charge in [-0.2, -0.15) is 5.26 Å². The standard InChI is InChI=1S/C26H29FN2O3/c1-3-31-25-15-19(11-12-24(25)32-17-20-8-6-9-22(27)14-20)13-21(16-28)26(30)29-23-10-5-4-7-18(23)2/h6,8-9,11-15,18,23H,3-5,7,10,17H2,1-2H3,(H,29,30)/b21-13+/t18-,23+/m1/s1. The van der Waals surface area contributed by atoms with Gasteiger partial charge < -0.3 is 14.8 Å². The Morgan fingerprint density at radius 3 is 2.72 bits per heavy atom. The number of benzene rings is 2. The van der Waals surface area contributed by atoms with Gasteiger partial charge in [0.15, 0.2) is 11.5 Å². The number of nitrogens with zero attached hydrogens (tertiary/aromatic N) is 1. The largest absolute Gasteiger partial charge is 0.490 e. The van der Waals surface area contributed by atoms with Crippen LogP contribution in [0.5, 0.6) is 11.5 Å². The van der Waals surface area contributed by atoms with Crippen LogP contribution in [0.3, 0.4) is 0 Å². The number of nitriles is 1. The molecule has 3 rings (SSSR count). The normalized spacial score (nSPS) is 18.5. The number of halogens is 1. The number of carbonyl (C=O) groups excluding carboxylic acids is 1. The first kappa shape index (κ1) is 23.3. The van der Waals surface area contributed by atoms with E-state index < -0.39 is 0 Å². The van der Waals surface area contributed by atoms with Crippen molar-refractivity contribution in [2.24, 2.45) is 5.92 Å². The highest BCUT2D eigenvalue weighted by Gasteiger charge is 2.24. The van der Waals surface area contributed by atoms with Crippen LogP contribution in [0.2, 0.25) is 0 Å². The zero-order valence-corrected chi connectivity index (χ0v) is 18.6. The van der Waals surface area contributed by atoms with Crippen LogP contribution in [-0.2, 0) is 11.4 Å². The van der Waals surface area contributed by atoms with Crippen LogP contribution in [0.25, 0.3) is 6.08 Å². The lowest BCUT2D eigenvalue weighted by molar-refractivity contribution is -0.118. The van der Waals surface area contributed by atoms with Crippen LogP contribution >= 0.6 is 0 Å². The second-order valence-electron chi connectivity index (χ2n) is 8.07. The molecule has 1 aliphatic rings. The van der Waals surface area contributed by atoms with Crippen molar-refractivity contribution in [3.8, 4) is 17.6 Å². The highest BCUT2D eigenvalue weighted by Crippen LogP contribution is 2.30. The van der Waals surface area contributed by atoms with E-state index in [4.69, 9.17) is 9.47 Å². The van der Waals surface area contributed by atoms with Crippen molar-refractivity contribution in [3.63, 3.8) is 0 Å². The third kappa shape index (κ3) is 6.34. The average Bonchev–Trinajstić information content (AvgIpc) is 2.78. The number of carbonyl (C=O) groups is 1. The van der Waals surface area contributed by atoms with Gasteiger partial charge in [0, 0.05) is 6.04 Å². The molecule has 0 heterocycles. The van der Waals surface area contributed by atoms with E-state index in [-0.39, 0.29) is 29.9 Å². The summed E-state index contributed by atoms with van der Waals surface area (Å²) in [6, 6.07) is 13.6. The number of amides is 1. The van der Waals surface area contributed by atoms with Crippen LogP contribution < -0.4 is 14.8 Å². The van der Waals surface area contributed by atoms with Gasteiger partial charge in [-0.05, 0) is 67.2 Å². The van der Waals surface area contributed by atoms with Gasteiger partial charge in [0.25, 0.3) is 5.91 Å². The maximum absolute atomic E-state index is 13.4. The molecule has 0 aliphatic heterocycles. The van der Waals surface area contributed by atoms with E-state index in [2.05, 4.69) is 12.2 Å². The summed E-state index contributed by atoms with van der Waals surface area (Å²) < 4.78 is 24.9. The van der Waals surface area contributed by atoms with Crippen molar-refractivity contribution in [1.29, 1.82) is 5.26 Å². The zero-order chi connectivity index (χ0) is 22.9. The number of hydrogen-bond acceptors (Lipinski definition) is 4. The van der Waals surface area contributed by atoms with Gasteiger partial charge in [-0.25, -0.2) is 4.39 Å². The summed E-state index contributed by atoms with van der Waals surface area (Å²) in [6.07, 6.45) is 5.86. The molecule has 0 radical (unpaired) electrons. The minimum Gasteiger partial charge on any atom is -0.490 e. The van der Waals surface area contributed by atoms with E-state index in [9.17, 15) is 14.4 Å². The zero-order valence-electron chi connectivity index (χ0n) is 18.6. The van der Waals surface area contributed by atoms with Gasteiger partial charge in [-0.3, -0.25) is 4.79 Å². The third-order valence-electron chi connectivity index (χ3n) is 5.66. The molecule has 2 atom stereocenters. The maximum atomic E-state index is 13.4. The van der Waals surface area contributed by atoms with Crippen LogP contribution in [0, 0.1) is 23.1 Å². The van der Waals surface area contributed by atoms with E-state index in [1.165, 1.54) is 18.6 Å². The molecule has 2 aromatic carbocycles. The third-order valence-corrected chi connectivity index (χ3v) is 5.66. The summed E-state index contributed by atoms with van der Waals surface area (Å²) in [6.45, 7) is 4.61. The molecule has 1 aliphatic carbocycles. The molecule has 1 amide bonds. The second-order valence-corrected chi connectivity index (χ2v) is 8.07. The highest BCUT2D eigenvalue weighted by molar-refractivity contribution is 6.01. The van der Waals surface area contributed by atoms with Crippen LogP contribution in [0.1, 0.15) is 50.7 Å². The molecule has 32 heavy (non-hydrogen) atoms. The molecule has 1 fully saturated rings. The monoisotopic (exact) mass is 436 g/mol. The predicted molar refractivity (Wildman–Crippen MR) is 121 cm³/mol. The molecule has 2 aromatic rings. The van der Waals surface area contributed by atoms with E-state index in [0.717, 1.165) is 19.3 Å². The maximum Gasteiger partial charge on any atom is 0.262 e.